The third-order valence-electron chi connectivity index (χ3n) is 6.31. The molecule has 1 saturated carbocycles. The van der Waals surface area contributed by atoms with Gasteiger partial charge in [0.05, 0.1) is 34.2 Å². The number of anilines is 1. The van der Waals surface area contributed by atoms with Crippen molar-refractivity contribution < 1.29 is 17.9 Å². The molecule has 9 heteroatoms. The Morgan fingerprint density at radius 1 is 1.25 bits per heavy atom. The Bertz CT molecular complexity index is 1140. The SMILES string of the molecule is CC(C)c1noc(N2CC3C(COc4ccc(-c5ccc(S(C)=O)c(F)c5)nc4)[C@@H]3C2)n1. The smallest absolute Gasteiger partial charge is 0.324 e. The molecule has 3 unspecified atom stereocenters. The molecule has 0 radical (unpaired) electrons. The predicted octanol–water partition coefficient (Wildman–Crippen LogP) is 3.89. The van der Waals surface area contributed by atoms with Crippen LogP contribution in [0.1, 0.15) is 25.6 Å². The highest BCUT2D eigenvalue weighted by atomic mass is 32.2. The van der Waals surface area contributed by atoms with Crippen LogP contribution in [0.4, 0.5) is 10.4 Å². The quantitative estimate of drug-likeness (QED) is 0.533. The first-order chi connectivity index (χ1) is 15.4. The van der Waals surface area contributed by atoms with Crippen LogP contribution in [-0.4, -0.2) is 45.3 Å². The van der Waals surface area contributed by atoms with Crippen LogP contribution < -0.4 is 9.64 Å². The Labute approximate surface area is 188 Å². The topological polar surface area (TPSA) is 81.4 Å². The summed E-state index contributed by atoms with van der Waals surface area (Å²) in [5, 5.41) is 4.05. The molecule has 168 valence electrons. The minimum absolute atomic E-state index is 0.196. The van der Waals surface area contributed by atoms with E-state index in [0.717, 1.165) is 18.9 Å². The maximum absolute atomic E-state index is 14.1. The van der Waals surface area contributed by atoms with Crippen molar-refractivity contribution in [1.29, 1.82) is 0 Å². The van der Waals surface area contributed by atoms with E-state index in [1.54, 1.807) is 18.3 Å². The van der Waals surface area contributed by atoms with E-state index < -0.39 is 16.6 Å². The lowest BCUT2D eigenvalue weighted by molar-refractivity contribution is 0.281. The third kappa shape index (κ3) is 4.01. The fraction of sp³-hybridized carbons (Fsp3) is 0.435. The van der Waals surface area contributed by atoms with Crippen molar-refractivity contribution in [3.05, 3.63) is 48.2 Å². The highest BCUT2D eigenvalue weighted by molar-refractivity contribution is 7.84. The van der Waals surface area contributed by atoms with Crippen molar-refractivity contribution >= 4 is 16.8 Å². The largest absolute Gasteiger partial charge is 0.492 e. The normalized spacial score (nSPS) is 22.8. The van der Waals surface area contributed by atoms with Crippen LogP contribution in [0.5, 0.6) is 5.75 Å². The van der Waals surface area contributed by atoms with E-state index in [1.807, 2.05) is 12.1 Å². The number of rotatable bonds is 7. The summed E-state index contributed by atoms with van der Waals surface area (Å²) in [7, 11) is -1.36. The molecule has 0 amide bonds. The van der Waals surface area contributed by atoms with Gasteiger partial charge in [-0.15, -0.1) is 0 Å². The van der Waals surface area contributed by atoms with Gasteiger partial charge in [-0.2, -0.15) is 4.98 Å². The van der Waals surface area contributed by atoms with Crippen LogP contribution in [0.25, 0.3) is 11.3 Å². The van der Waals surface area contributed by atoms with Gasteiger partial charge in [0, 0.05) is 36.7 Å². The minimum Gasteiger partial charge on any atom is -0.492 e. The number of pyridine rings is 1. The second-order valence-electron chi connectivity index (χ2n) is 8.78. The summed E-state index contributed by atoms with van der Waals surface area (Å²) in [6.07, 6.45) is 3.12. The molecule has 0 spiro atoms. The number of fused-ring (bicyclic) bond motifs is 1. The molecule has 1 aliphatic heterocycles. The molecule has 1 aromatic carbocycles. The van der Waals surface area contributed by atoms with Crippen LogP contribution in [0.2, 0.25) is 0 Å². The van der Waals surface area contributed by atoms with Crippen LogP contribution in [0, 0.1) is 23.6 Å². The molecule has 2 aromatic heterocycles. The average Bonchev–Trinajstić information content (AvgIpc) is 3.16. The second kappa shape index (κ2) is 8.27. The van der Waals surface area contributed by atoms with Gasteiger partial charge in [0.1, 0.15) is 11.6 Å². The number of piperidine rings is 1. The van der Waals surface area contributed by atoms with Gasteiger partial charge in [-0.1, -0.05) is 25.1 Å². The zero-order valence-electron chi connectivity index (χ0n) is 18.2. The zero-order valence-corrected chi connectivity index (χ0v) is 19.0. The monoisotopic (exact) mass is 456 g/mol. The molecule has 5 rings (SSSR count). The van der Waals surface area contributed by atoms with Crippen LogP contribution >= 0.6 is 0 Å². The number of benzene rings is 1. The molecular weight excluding hydrogens is 431 g/mol. The summed E-state index contributed by atoms with van der Waals surface area (Å²) >= 11 is 0. The number of nitrogens with zero attached hydrogens (tertiary/aromatic N) is 4. The van der Waals surface area contributed by atoms with Gasteiger partial charge in [0.25, 0.3) is 0 Å². The van der Waals surface area contributed by atoms with Crippen molar-refractivity contribution in [2.75, 3.05) is 30.9 Å². The van der Waals surface area contributed by atoms with E-state index in [2.05, 4.69) is 33.9 Å². The van der Waals surface area contributed by atoms with Crippen LogP contribution in [0.3, 0.4) is 0 Å². The first kappa shape index (κ1) is 21.1. The zero-order chi connectivity index (χ0) is 22.4. The van der Waals surface area contributed by atoms with E-state index >= 15 is 0 Å². The molecule has 3 aromatic rings. The van der Waals surface area contributed by atoms with E-state index in [-0.39, 0.29) is 10.8 Å². The molecule has 2 fully saturated rings. The summed E-state index contributed by atoms with van der Waals surface area (Å²) in [5.41, 5.74) is 1.28. The molecule has 2 aliphatic rings. The molecule has 1 aliphatic carbocycles. The first-order valence-corrected chi connectivity index (χ1v) is 12.3. The molecule has 1 saturated heterocycles. The lowest BCUT2D eigenvalue weighted by Crippen LogP contribution is -2.25. The van der Waals surface area contributed by atoms with E-state index in [9.17, 15) is 8.60 Å². The number of halogens is 1. The highest BCUT2D eigenvalue weighted by Crippen LogP contribution is 2.52. The average molecular weight is 457 g/mol. The Hall–Kier alpha value is -2.81. The van der Waals surface area contributed by atoms with Gasteiger partial charge in [-0.3, -0.25) is 9.19 Å². The summed E-state index contributed by atoms with van der Waals surface area (Å²) < 4.78 is 37.0. The molecular formula is C23H25FN4O3S. The Kier molecular flexibility index (Phi) is 5.44. The lowest BCUT2D eigenvalue weighted by Gasteiger charge is -2.16. The number of aromatic nitrogens is 3. The van der Waals surface area contributed by atoms with Crippen molar-refractivity contribution in [2.45, 2.75) is 24.7 Å². The molecule has 7 nitrogen and oxygen atoms in total. The van der Waals surface area contributed by atoms with Crippen molar-refractivity contribution in [3.63, 3.8) is 0 Å². The summed E-state index contributed by atoms with van der Waals surface area (Å²) in [6.45, 7) is 6.58. The maximum Gasteiger partial charge on any atom is 0.324 e. The highest BCUT2D eigenvalue weighted by Gasteiger charge is 2.56. The van der Waals surface area contributed by atoms with Gasteiger partial charge in [-0.25, -0.2) is 4.39 Å². The van der Waals surface area contributed by atoms with Gasteiger partial charge >= 0.3 is 6.01 Å². The predicted molar refractivity (Wildman–Crippen MR) is 119 cm³/mol. The van der Waals surface area contributed by atoms with Crippen molar-refractivity contribution in [3.8, 4) is 17.0 Å². The van der Waals surface area contributed by atoms with E-state index in [0.29, 0.717) is 47.4 Å². The summed E-state index contributed by atoms with van der Waals surface area (Å²) in [5.74, 6) is 2.91. The van der Waals surface area contributed by atoms with Crippen LogP contribution in [-0.2, 0) is 10.8 Å². The Morgan fingerprint density at radius 2 is 2.03 bits per heavy atom. The molecule has 32 heavy (non-hydrogen) atoms. The fourth-order valence-corrected chi connectivity index (χ4v) is 4.96. The maximum atomic E-state index is 14.1. The van der Waals surface area contributed by atoms with Gasteiger partial charge in [0.2, 0.25) is 0 Å². The molecule has 0 N–H and O–H groups in total. The summed E-state index contributed by atoms with van der Waals surface area (Å²) in [4.78, 5) is 11.2. The van der Waals surface area contributed by atoms with Crippen molar-refractivity contribution in [1.82, 2.24) is 15.1 Å². The third-order valence-corrected chi connectivity index (χ3v) is 7.26. The van der Waals surface area contributed by atoms with Crippen LogP contribution in [0.15, 0.2) is 45.9 Å². The fourth-order valence-electron chi connectivity index (χ4n) is 4.36. The molecule has 4 atom stereocenters. The Morgan fingerprint density at radius 3 is 2.62 bits per heavy atom. The number of hydrogen-bond acceptors (Lipinski definition) is 7. The molecule has 3 heterocycles. The number of hydrogen-bond donors (Lipinski definition) is 0. The standard InChI is InChI=1S/C23H25FN4O3S/c1-13(2)22-26-23(31-27-22)28-10-16-17(11-28)18(16)12-30-15-5-6-20(25-9-15)14-4-7-21(32(3)29)19(24)8-14/h4-9,13,16-18H,10-12H2,1-3H3/t16-,17?,18?,32?/m1/s1. The summed E-state index contributed by atoms with van der Waals surface area (Å²) in [6, 6.07) is 8.92. The first-order valence-electron chi connectivity index (χ1n) is 10.7. The van der Waals surface area contributed by atoms with Gasteiger partial charge in [0.15, 0.2) is 5.82 Å². The van der Waals surface area contributed by atoms with E-state index in [1.165, 1.54) is 12.3 Å². The second-order valence-corrected chi connectivity index (χ2v) is 10.1. The number of ether oxygens (including phenoxy) is 1. The van der Waals surface area contributed by atoms with E-state index in [4.69, 9.17) is 9.26 Å². The van der Waals surface area contributed by atoms with Crippen molar-refractivity contribution in [2.24, 2.45) is 17.8 Å². The van der Waals surface area contributed by atoms with Gasteiger partial charge in [-0.05, 0) is 36.1 Å². The van der Waals surface area contributed by atoms with Gasteiger partial charge < -0.3 is 14.2 Å². The molecule has 0 bridgehead atoms. The lowest BCUT2D eigenvalue weighted by atomic mass is 10.1. The minimum atomic E-state index is -1.36. The Balaban J connectivity index is 1.14.